The number of sulfonamides is 1. The zero-order chi connectivity index (χ0) is 21.8. The van der Waals surface area contributed by atoms with Gasteiger partial charge in [0.15, 0.2) is 0 Å². The molecule has 0 unspecified atom stereocenters. The van der Waals surface area contributed by atoms with Crippen LogP contribution in [0, 0.1) is 0 Å². The lowest BCUT2D eigenvalue weighted by Gasteiger charge is -2.24. The van der Waals surface area contributed by atoms with Gasteiger partial charge in [-0.3, -0.25) is 9.78 Å². The van der Waals surface area contributed by atoms with Crippen LogP contribution in [0.1, 0.15) is 30.1 Å². The van der Waals surface area contributed by atoms with Gasteiger partial charge in [0.2, 0.25) is 16.4 Å². The molecule has 0 saturated carbocycles. The van der Waals surface area contributed by atoms with Crippen molar-refractivity contribution in [2.45, 2.75) is 36.8 Å². The molecule has 1 amide bonds. The second kappa shape index (κ2) is 9.33. The summed E-state index contributed by atoms with van der Waals surface area (Å²) in [4.78, 5) is 17.0. The molecule has 2 aromatic rings. The summed E-state index contributed by atoms with van der Waals surface area (Å²) in [5.74, 6) is 0.460. The lowest BCUT2D eigenvalue weighted by Crippen LogP contribution is -2.32. The van der Waals surface area contributed by atoms with Crippen LogP contribution in [0.25, 0.3) is 0 Å². The molecular weight excluding hydrogens is 418 g/mol. The lowest BCUT2D eigenvalue weighted by atomic mass is 10.1. The van der Waals surface area contributed by atoms with E-state index in [1.807, 2.05) is 18.2 Å². The molecule has 2 aliphatic heterocycles. The Morgan fingerprint density at radius 2 is 2.00 bits per heavy atom. The minimum atomic E-state index is -3.52. The van der Waals surface area contributed by atoms with Gasteiger partial charge in [-0.2, -0.15) is 4.31 Å². The molecule has 2 aliphatic rings. The first-order chi connectivity index (χ1) is 15.0. The molecule has 0 N–H and O–H groups in total. The average molecular weight is 446 g/mol. The van der Waals surface area contributed by atoms with E-state index in [2.05, 4.69) is 4.98 Å². The van der Waals surface area contributed by atoms with Crippen molar-refractivity contribution in [2.75, 3.05) is 26.7 Å². The molecule has 0 radical (unpaired) electrons. The van der Waals surface area contributed by atoms with E-state index in [1.165, 1.54) is 0 Å². The molecule has 8 nitrogen and oxygen atoms in total. The lowest BCUT2D eigenvalue weighted by molar-refractivity contribution is -0.117. The fraction of sp³-hybridized carbons (Fsp3) is 0.455. The Bertz CT molecular complexity index is 1000. The summed E-state index contributed by atoms with van der Waals surface area (Å²) in [6, 6.07) is 12.5. The van der Waals surface area contributed by atoms with Crippen molar-refractivity contribution >= 4 is 16.4 Å². The summed E-state index contributed by atoms with van der Waals surface area (Å²) in [7, 11) is -1.93. The standard InChI is InChI=1S/C22H27N3O5S/c1-29-21-13-24(16-26)14-22(21)30-18-7-4-6-17(12-18)15-31(27,28)25-11-5-9-20(25)19-8-2-3-10-23-19/h2-4,6-8,10,12,16,20-22H,5,9,11,13-15H2,1H3/t20-,21+,22+/m1/s1. The first-order valence-corrected chi connectivity index (χ1v) is 12.0. The van der Waals surface area contributed by atoms with Crippen molar-refractivity contribution in [3.63, 3.8) is 0 Å². The minimum Gasteiger partial charge on any atom is -0.486 e. The maximum atomic E-state index is 13.2. The van der Waals surface area contributed by atoms with E-state index in [0.717, 1.165) is 24.9 Å². The van der Waals surface area contributed by atoms with Crippen LogP contribution in [-0.2, 0) is 25.3 Å². The van der Waals surface area contributed by atoms with Gasteiger partial charge in [-0.05, 0) is 42.7 Å². The van der Waals surface area contributed by atoms with Crippen molar-refractivity contribution < 1.29 is 22.7 Å². The minimum absolute atomic E-state index is 0.105. The predicted molar refractivity (Wildman–Crippen MR) is 115 cm³/mol. The zero-order valence-corrected chi connectivity index (χ0v) is 18.3. The van der Waals surface area contributed by atoms with E-state index in [0.29, 0.717) is 30.9 Å². The van der Waals surface area contributed by atoms with Gasteiger partial charge in [-0.25, -0.2) is 8.42 Å². The Balaban J connectivity index is 1.47. The number of carbonyl (C=O) groups is 1. The van der Waals surface area contributed by atoms with Gasteiger partial charge in [0.25, 0.3) is 0 Å². The number of nitrogens with zero attached hydrogens (tertiary/aromatic N) is 3. The Hall–Kier alpha value is -2.49. The Kier molecular flexibility index (Phi) is 6.54. The Morgan fingerprint density at radius 3 is 2.74 bits per heavy atom. The number of rotatable bonds is 8. The predicted octanol–water partition coefficient (Wildman–Crippen LogP) is 1.98. The number of methoxy groups -OCH3 is 1. The molecule has 1 aromatic heterocycles. The number of hydrogen-bond donors (Lipinski definition) is 0. The van der Waals surface area contributed by atoms with E-state index in [4.69, 9.17) is 9.47 Å². The van der Waals surface area contributed by atoms with Gasteiger partial charge in [-0.15, -0.1) is 0 Å². The summed E-state index contributed by atoms with van der Waals surface area (Å²) >= 11 is 0. The van der Waals surface area contributed by atoms with Crippen LogP contribution >= 0.6 is 0 Å². The molecule has 4 rings (SSSR count). The third kappa shape index (κ3) is 4.89. The van der Waals surface area contributed by atoms with Crippen LogP contribution in [0.15, 0.2) is 48.7 Å². The number of hydrogen-bond acceptors (Lipinski definition) is 6. The SMILES string of the molecule is CO[C@H]1CN(C=O)C[C@@H]1Oc1cccc(CS(=O)(=O)N2CCC[C@@H]2c2ccccn2)c1. The van der Waals surface area contributed by atoms with Crippen LogP contribution in [0.2, 0.25) is 0 Å². The van der Waals surface area contributed by atoms with Crippen molar-refractivity contribution in [2.24, 2.45) is 0 Å². The summed E-state index contributed by atoms with van der Waals surface area (Å²) in [6.07, 6.45) is 3.55. The van der Waals surface area contributed by atoms with E-state index in [9.17, 15) is 13.2 Å². The smallest absolute Gasteiger partial charge is 0.218 e. The fourth-order valence-electron chi connectivity index (χ4n) is 4.32. The molecule has 3 atom stereocenters. The topological polar surface area (TPSA) is 89.0 Å². The zero-order valence-electron chi connectivity index (χ0n) is 17.5. The Morgan fingerprint density at radius 1 is 1.16 bits per heavy atom. The number of benzene rings is 1. The van der Waals surface area contributed by atoms with Crippen LogP contribution in [-0.4, -0.2) is 68.0 Å². The number of likely N-dealkylation sites (tertiary alicyclic amines) is 1. The molecular formula is C22H27N3O5S. The number of amides is 1. The average Bonchev–Trinajstić information content (AvgIpc) is 3.42. The van der Waals surface area contributed by atoms with Gasteiger partial charge in [0.05, 0.1) is 30.6 Å². The third-order valence-corrected chi connectivity index (χ3v) is 7.67. The summed E-state index contributed by atoms with van der Waals surface area (Å²) in [5, 5.41) is 0. The largest absolute Gasteiger partial charge is 0.486 e. The molecule has 2 fully saturated rings. The van der Waals surface area contributed by atoms with Crippen molar-refractivity contribution in [3.05, 3.63) is 59.9 Å². The van der Waals surface area contributed by atoms with Crippen molar-refractivity contribution in [3.8, 4) is 5.75 Å². The molecule has 1 aromatic carbocycles. The van der Waals surface area contributed by atoms with Gasteiger partial charge < -0.3 is 14.4 Å². The van der Waals surface area contributed by atoms with E-state index < -0.39 is 10.0 Å². The molecule has 3 heterocycles. The van der Waals surface area contributed by atoms with Gasteiger partial charge in [0, 0.05) is 19.9 Å². The first-order valence-electron chi connectivity index (χ1n) is 10.4. The second-order valence-electron chi connectivity index (χ2n) is 7.92. The first kappa shape index (κ1) is 21.7. The van der Waals surface area contributed by atoms with Crippen LogP contribution in [0.4, 0.5) is 0 Å². The van der Waals surface area contributed by atoms with Crippen molar-refractivity contribution in [1.82, 2.24) is 14.2 Å². The number of aromatic nitrogens is 1. The molecule has 0 spiro atoms. The maximum Gasteiger partial charge on any atom is 0.218 e. The quantitative estimate of drug-likeness (QED) is 0.578. The highest BCUT2D eigenvalue weighted by Crippen LogP contribution is 2.34. The molecule has 31 heavy (non-hydrogen) atoms. The van der Waals surface area contributed by atoms with E-state index in [-0.39, 0.29) is 24.0 Å². The number of ether oxygens (including phenoxy) is 2. The highest BCUT2D eigenvalue weighted by atomic mass is 32.2. The highest BCUT2D eigenvalue weighted by molar-refractivity contribution is 7.88. The highest BCUT2D eigenvalue weighted by Gasteiger charge is 2.36. The third-order valence-electron chi connectivity index (χ3n) is 5.82. The van der Waals surface area contributed by atoms with Crippen LogP contribution in [0.5, 0.6) is 5.75 Å². The molecule has 166 valence electrons. The molecule has 0 bridgehead atoms. The second-order valence-corrected chi connectivity index (χ2v) is 9.84. The number of pyridine rings is 1. The Labute approximate surface area is 182 Å². The summed E-state index contributed by atoms with van der Waals surface area (Å²) in [6.45, 7) is 1.41. The summed E-state index contributed by atoms with van der Waals surface area (Å²) in [5.41, 5.74) is 1.44. The normalized spacial score (nSPS) is 24.4. The van der Waals surface area contributed by atoms with Gasteiger partial charge in [-0.1, -0.05) is 18.2 Å². The van der Waals surface area contributed by atoms with Crippen LogP contribution in [0.3, 0.4) is 0 Å². The van der Waals surface area contributed by atoms with Gasteiger partial charge >= 0.3 is 0 Å². The van der Waals surface area contributed by atoms with Crippen molar-refractivity contribution in [1.29, 1.82) is 0 Å². The molecule has 0 aliphatic carbocycles. The molecule has 9 heteroatoms. The summed E-state index contributed by atoms with van der Waals surface area (Å²) < 4.78 is 39.5. The molecule has 2 saturated heterocycles. The van der Waals surface area contributed by atoms with Crippen LogP contribution < -0.4 is 4.74 Å². The van der Waals surface area contributed by atoms with E-state index >= 15 is 0 Å². The maximum absolute atomic E-state index is 13.2. The monoisotopic (exact) mass is 445 g/mol. The fourth-order valence-corrected chi connectivity index (χ4v) is 6.09. The van der Waals surface area contributed by atoms with Gasteiger partial charge in [0.1, 0.15) is 18.0 Å². The van der Waals surface area contributed by atoms with E-state index in [1.54, 1.807) is 46.8 Å². The number of carbonyl (C=O) groups excluding carboxylic acids is 1.